The van der Waals surface area contributed by atoms with E-state index in [4.69, 9.17) is 14.1 Å². The average molecular weight is 391 g/mol. The summed E-state index contributed by atoms with van der Waals surface area (Å²) >= 11 is 0. The molecule has 1 aromatic heterocycles. The van der Waals surface area contributed by atoms with Crippen molar-refractivity contribution >= 4 is 0 Å². The van der Waals surface area contributed by atoms with Gasteiger partial charge in [-0.3, -0.25) is 0 Å². The number of hydrogen-bond donors (Lipinski definition) is 1. The van der Waals surface area contributed by atoms with Crippen molar-refractivity contribution in [2.45, 2.75) is 44.9 Å². The zero-order valence-corrected chi connectivity index (χ0v) is 17.8. The fourth-order valence-corrected chi connectivity index (χ4v) is 3.84. The maximum absolute atomic E-state index is 6.39. The van der Waals surface area contributed by atoms with Gasteiger partial charge in [-0.15, -0.1) is 0 Å². The molecule has 1 N–H and O–H groups in total. The largest absolute Gasteiger partial charge is 0.497 e. The summed E-state index contributed by atoms with van der Waals surface area (Å²) in [6.07, 6.45) is 2.12. The van der Waals surface area contributed by atoms with Crippen LogP contribution in [0.15, 0.2) is 52.9 Å². The van der Waals surface area contributed by atoms with E-state index in [1.807, 2.05) is 24.3 Å². The molecular weight excluding hydrogens is 360 g/mol. The number of methoxy groups -OCH3 is 1. The van der Waals surface area contributed by atoms with E-state index in [-0.39, 0.29) is 5.41 Å². The molecule has 4 nitrogen and oxygen atoms in total. The van der Waals surface area contributed by atoms with Crippen molar-refractivity contribution < 1.29 is 9.15 Å². The van der Waals surface area contributed by atoms with Crippen LogP contribution in [-0.4, -0.2) is 25.2 Å². The third-order valence-electron chi connectivity index (χ3n) is 5.71. The third-order valence-corrected chi connectivity index (χ3v) is 5.71. The van der Waals surface area contributed by atoms with Crippen molar-refractivity contribution in [2.75, 3.05) is 20.2 Å². The maximum atomic E-state index is 6.39. The van der Waals surface area contributed by atoms with Gasteiger partial charge in [0, 0.05) is 17.0 Å². The minimum absolute atomic E-state index is 0.126. The highest BCUT2D eigenvalue weighted by Crippen LogP contribution is 2.38. The minimum Gasteiger partial charge on any atom is -0.497 e. The molecule has 152 valence electrons. The molecule has 2 heterocycles. The summed E-state index contributed by atoms with van der Waals surface area (Å²) in [6.45, 7) is 8.73. The smallest absolute Gasteiger partial charge is 0.198 e. The van der Waals surface area contributed by atoms with Gasteiger partial charge in [0.1, 0.15) is 11.4 Å². The van der Waals surface area contributed by atoms with Crippen molar-refractivity contribution in [2.24, 2.45) is 0 Å². The molecule has 1 fully saturated rings. The van der Waals surface area contributed by atoms with Gasteiger partial charge in [-0.1, -0.05) is 45.0 Å². The molecule has 2 aromatic carbocycles. The van der Waals surface area contributed by atoms with E-state index in [0.29, 0.717) is 5.92 Å². The van der Waals surface area contributed by atoms with Crippen LogP contribution in [0, 0.1) is 0 Å². The van der Waals surface area contributed by atoms with Crippen LogP contribution in [0.5, 0.6) is 5.75 Å². The fourth-order valence-electron chi connectivity index (χ4n) is 3.84. The van der Waals surface area contributed by atoms with Crippen molar-refractivity contribution in [3.05, 3.63) is 60.0 Å². The average Bonchev–Trinajstić information content (AvgIpc) is 3.19. The lowest BCUT2D eigenvalue weighted by Gasteiger charge is -2.19. The first-order valence-corrected chi connectivity index (χ1v) is 10.4. The number of nitrogens with zero attached hydrogens (tertiary/aromatic N) is 1. The SMILES string of the molecule is COc1ccc(-c2oc(C3CCNCC3)nc2-c2ccc(C(C)(C)C)cc2)cc1. The van der Waals surface area contributed by atoms with E-state index in [1.165, 1.54) is 5.56 Å². The summed E-state index contributed by atoms with van der Waals surface area (Å²) < 4.78 is 11.7. The van der Waals surface area contributed by atoms with Gasteiger partial charge in [0.05, 0.1) is 7.11 Å². The summed E-state index contributed by atoms with van der Waals surface area (Å²) in [5.74, 6) is 2.90. The number of ether oxygens (including phenoxy) is 1. The normalized spacial score (nSPS) is 15.4. The number of rotatable bonds is 4. The van der Waals surface area contributed by atoms with Crippen LogP contribution in [0.1, 0.15) is 51.0 Å². The minimum atomic E-state index is 0.126. The second kappa shape index (κ2) is 8.03. The first-order valence-electron chi connectivity index (χ1n) is 10.4. The molecule has 4 heteroatoms. The van der Waals surface area contributed by atoms with Crippen LogP contribution in [0.25, 0.3) is 22.6 Å². The van der Waals surface area contributed by atoms with E-state index in [2.05, 4.69) is 50.4 Å². The molecule has 0 radical (unpaired) electrons. The Kier molecular flexibility index (Phi) is 5.46. The molecule has 29 heavy (non-hydrogen) atoms. The summed E-state index contributed by atoms with van der Waals surface area (Å²) in [4.78, 5) is 4.99. The van der Waals surface area contributed by atoms with Gasteiger partial charge < -0.3 is 14.5 Å². The van der Waals surface area contributed by atoms with Crippen LogP contribution in [0.4, 0.5) is 0 Å². The molecule has 1 saturated heterocycles. The topological polar surface area (TPSA) is 47.3 Å². The predicted molar refractivity (Wildman–Crippen MR) is 117 cm³/mol. The number of aromatic nitrogens is 1. The predicted octanol–water partition coefficient (Wildman–Crippen LogP) is 5.78. The Hall–Kier alpha value is -2.59. The molecule has 0 unspecified atom stereocenters. The molecule has 3 aromatic rings. The summed E-state index contributed by atoms with van der Waals surface area (Å²) in [5.41, 5.74) is 4.47. The van der Waals surface area contributed by atoms with Gasteiger partial charge in [0.25, 0.3) is 0 Å². The zero-order valence-electron chi connectivity index (χ0n) is 17.8. The summed E-state index contributed by atoms with van der Waals surface area (Å²) in [7, 11) is 1.68. The first-order chi connectivity index (χ1) is 14.0. The number of benzene rings is 2. The maximum Gasteiger partial charge on any atom is 0.198 e. The molecule has 0 bridgehead atoms. The van der Waals surface area contributed by atoms with Gasteiger partial charge in [-0.05, 0) is 61.2 Å². The molecule has 0 spiro atoms. The lowest BCUT2D eigenvalue weighted by Crippen LogP contribution is -2.26. The Balaban J connectivity index is 1.76. The van der Waals surface area contributed by atoms with Crippen molar-refractivity contribution in [3.63, 3.8) is 0 Å². The van der Waals surface area contributed by atoms with Gasteiger partial charge >= 0.3 is 0 Å². The highest BCUT2D eigenvalue weighted by atomic mass is 16.5. The molecule has 0 amide bonds. The Morgan fingerprint density at radius 1 is 0.931 bits per heavy atom. The van der Waals surface area contributed by atoms with E-state index in [0.717, 1.165) is 60.2 Å². The van der Waals surface area contributed by atoms with E-state index in [1.54, 1.807) is 7.11 Å². The van der Waals surface area contributed by atoms with Gasteiger partial charge in [-0.25, -0.2) is 4.98 Å². The summed E-state index contributed by atoms with van der Waals surface area (Å²) in [5, 5.41) is 3.42. The number of oxazole rings is 1. The fraction of sp³-hybridized carbons (Fsp3) is 0.400. The van der Waals surface area contributed by atoms with Gasteiger partial charge in [0.15, 0.2) is 11.7 Å². The van der Waals surface area contributed by atoms with Crippen molar-refractivity contribution in [1.82, 2.24) is 10.3 Å². The molecule has 0 saturated carbocycles. The number of nitrogens with one attached hydrogen (secondary N) is 1. The monoisotopic (exact) mass is 390 g/mol. The second-order valence-electron chi connectivity index (χ2n) is 8.81. The van der Waals surface area contributed by atoms with Crippen LogP contribution in [0.3, 0.4) is 0 Å². The van der Waals surface area contributed by atoms with Gasteiger partial charge in [0.2, 0.25) is 0 Å². The lowest BCUT2D eigenvalue weighted by molar-refractivity contribution is 0.378. The Morgan fingerprint density at radius 2 is 1.55 bits per heavy atom. The lowest BCUT2D eigenvalue weighted by atomic mass is 9.86. The number of piperidine rings is 1. The molecule has 0 atom stereocenters. The third kappa shape index (κ3) is 4.23. The zero-order chi connectivity index (χ0) is 20.4. The van der Waals surface area contributed by atoms with Crippen LogP contribution >= 0.6 is 0 Å². The van der Waals surface area contributed by atoms with Crippen molar-refractivity contribution in [1.29, 1.82) is 0 Å². The quantitative estimate of drug-likeness (QED) is 0.613. The van der Waals surface area contributed by atoms with E-state index >= 15 is 0 Å². The van der Waals surface area contributed by atoms with Crippen molar-refractivity contribution in [3.8, 4) is 28.3 Å². The van der Waals surface area contributed by atoms with Crippen LogP contribution < -0.4 is 10.1 Å². The van der Waals surface area contributed by atoms with Crippen LogP contribution in [0.2, 0.25) is 0 Å². The highest BCUT2D eigenvalue weighted by molar-refractivity contribution is 5.77. The first kappa shape index (κ1) is 19.7. The molecule has 1 aliphatic heterocycles. The highest BCUT2D eigenvalue weighted by Gasteiger charge is 2.25. The Bertz CT molecular complexity index is 944. The van der Waals surface area contributed by atoms with E-state index < -0.39 is 0 Å². The second-order valence-corrected chi connectivity index (χ2v) is 8.81. The molecule has 1 aliphatic rings. The van der Waals surface area contributed by atoms with Gasteiger partial charge in [-0.2, -0.15) is 0 Å². The Morgan fingerprint density at radius 3 is 2.14 bits per heavy atom. The van der Waals surface area contributed by atoms with Crippen LogP contribution in [-0.2, 0) is 5.41 Å². The molecular formula is C25H30N2O2. The molecule has 4 rings (SSSR count). The summed E-state index contributed by atoms with van der Waals surface area (Å²) in [6, 6.07) is 16.7. The Labute approximate surface area is 173 Å². The standard InChI is InChI=1S/C25H30N2O2/c1-25(2,3)20-9-5-17(6-10-20)22-23(18-7-11-21(28-4)12-8-18)29-24(27-22)19-13-15-26-16-14-19/h5-12,19,26H,13-16H2,1-4H3. The van der Waals surface area contributed by atoms with E-state index in [9.17, 15) is 0 Å². The molecule has 0 aliphatic carbocycles. The number of hydrogen-bond acceptors (Lipinski definition) is 4.